The van der Waals surface area contributed by atoms with Crippen molar-refractivity contribution in [3.63, 3.8) is 0 Å². The maximum Gasteiger partial charge on any atom is 0.307 e. The molecule has 0 spiro atoms. The second kappa shape index (κ2) is 6.74. The quantitative estimate of drug-likeness (QED) is 0.710. The monoisotopic (exact) mass is 234 g/mol. The van der Waals surface area contributed by atoms with Gasteiger partial charge in [0, 0.05) is 30.8 Å². The predicted molar refractivity (Wildman–Crippen MR) is 64.3 cm³/mol. The van der Waals surface area contributed by atoms with E-state index >= 15 is 0 Å². The van der Waals surface area contributed by atoms with Gasteiger partial charge in [-0.25, -0.2) is 0 Å². The van der Waals surface area contributed by atoms with Gasteiger partial charge in [-0.15, -0.1) is 0 Å². The molecule has 17 heavy (non-hydrogen) atoms. The van der Waals surface area contributed by atoms with Crippen LogP contribution in [-0.4, -0.2) is 17.1 Å². The molecule has 0 amide bonds. The summed E-state index contributed by atoms with van der Waals surface area (Å²) in [4.78, 5) is 11.4. The lowest BCUT2D eigenvalue weighted by molar-refractivity contribution is -0.143. The largest absolute Gasteiger partial charge is 0.466 e. The van der Waals surface area contributed by atoms with E-state index in [0.29, 0.717) is 19.4 Å². The number of carbonyl (C=O) groups is 1. The summed E-state index contributed by atoms with van der Waals surface area (Å²) >= 11 is 0. The molecular weight excluding hydrogens is 216 g/mol. The Hall–Kier alpha value is -1.76. The van der Waals surface area contributed by atoms with Crippen LogP contribution in [-0.2, 0) is 16.0 Å². The molecule has 0 fully saturated rings. The molecule has 0 aromatic carbocycles. The second-order valence-corrected chi connectivity index (χ2v) is 3.92. The lowest BCUT2D eigenvalue weighted by Crippen LogP contribution is -2.14. The normalized spacial score (nSPS) is 11.8. The predicted octanol–water partition coefficient (Wildman–Crippen LogP) is 2.46. The fourth-order valence-electron chi connectivity index (χ4n) is 1.81. The third-order valence-corrected chi connectivity index (χ3v) is 2.60. The maximum absolute atomic E-state index is 11.4. The minimum atomic E-state index is -0.181. The molecule has 1 aromatic rings. The van der Waals surface area contributed by atoms with Crippen molar-refractivity contribution in [1.82, 2.24) is 4.57 Å². The van der Waals surface area contributed by atoms with Crippen molar-refractivity contribution in [3.05, 3.63) is 24.0 Å². The summed E-state index contributed by atoms with van der Waals surface area (Å²) < 4.78 is 6.96. The molecule has 1 unspecified atom stereocenters. The summed E-state index contributed by atoms with van der Waals surface area (Å²) in [5.74, 6) is -0.181. The minimum absolute atomic E-state index is 0.0674. The van der Waals surface area contributed by atoms with Crippen LogP contribution in [0.5, 0.6) is 0 Å². The second-order valence-electron chi connectivity index (χ2n) is 3.92. The number of aryl methyl sites for hydroxylation is 1. The first-order valence-electron chi connectivity index (χ1n) is 5.87. The minimum Gasteiger partial charge on any atom is -0.466 e. The number of aromatic nitrogens is 1. The van der Waals surface area contributed by atoms with Gasteiger partial charge in [0.15, 0.2) is 0 Å². The van der Waals surface area contributed by atoms with Crippen molar-refractivity contribution in [2.24, 2.45) is 0 Å². The average molecular weight is 234 g/mol. The first-order chi connectivity index (χ1) is 8.19. The highest BCUT2D eigenvalue weighted by Crippen LogP contribution is 2.16. The summed E-state index contributed by atoms with van der Waals surface area (Å²) in [6, 6.07) is 6.12. The van der Waals surface area contributed by atoms with Gasteiger partial charge in [0.1, 0.15) is 0 Å². The Bertz CT molecular complexity index is 404. The van der Waals surface area contributed by atoms with Gasteiger partial charge in [-0.2, -0.15) is 5.26 Å². The van der Waals surface area contributed by atoms with Crippen molar-refractivity contribution >= 4 is 5.97 Å². The summed E-state index contributed by atoms with van der Waals surface area (Å²) in [6.45, 7) is 4.20. The van der Waals surface area contributed by atoms with Crippen LogP contribution in [0.25, 0.3) is 0 Å². The van der Waals surface area contributed by atoms with Crippen LogP contribution in [0.4, 0.5) is 0 Å². The summed E-state index contributed by atoms with van der Waals surface area (Å²) in [6.07, 6.45) is 3.52. The van der Waals surface area contributed by atoms with Crippen molar-refractivity contribution < 1.29 is 9.53 Å². The van der Waals surface area contributed by atoms with Crippen LogP contribution in [0.2, 0.25) is 0 Å². The molecule has 1 atom stereocenters. The van der Waals surface area contributed by atoms with Gasteiger partial charge in [0.05, 0.1) is 19.1 Å². The molecule has 1 heterocycles. The van der Waals surface area contributed by atoms with Crippen LogP contribution in [0.1, 0.15) is 38.4 Å². The van der Waals surface area contributed by atoms with Crippen molar-refractivity contribution in [2.75, 3.05) is 6.61 Å². The Morgan fingerprint density at radius 3 is 3.06 bits per heavy atom. The van der Waals surface area contributed by atoms with Gasteiger partial charge < -0.3 is 9.30 Å². The molecule has 4 heteroatoms. The average Bonchev–Trinajstić information content (AvgIpc) is 2.74. The van der Waals surface area contributed by atoms with Crippen LogP contribution >= 0.6 is 0 Å². The molecule has 0 aliphatic carbocycles. The molecule has 0 saturated carbocycles. The molecule has 0 N–H and O–H groups in total. The highest BCUT2D eigenvalue weighted by Gasteiger charge is 2.13. The highest BCUT2D eigenvalue weighted by atomic mass is 16.5. The van der Waals surface area contributed by atoms with Crippen LogP contribution in [0.3, 0.4) is 0 Å². The van der Waals surface area contributed by atoms with Crippen molar-refractivity contribution in [1.29, 1.82) is 5.26 Å². The Kier molecular flexibility index (Phi) is 5.28. The lowest BCUT2D eigenvalue weighted by Gasteiger charge is -2.16. The third kappa shape index (κ3) is 3.95. The number of nitrogens with zero attached hydrogens (tertiary/aromatic N) is 2. The number of rotatable bonds is 6. The van der Waals surface area contributed by atoms with Gasteiger partial charge in [-0.3, -0.25) is 4.79 Å². The fraction of sp³-hybridized carbons (Fsp3) is 0.538. The van der Waals surface area contributed by atoms with Crippen LogP contribution in [0, 0.1) is 11.3 Å². The first-order valence-corrected chi connectivity index (χ1v) is 5.87. The van der Waals surface area contributed by atoms with E-state index in [1.54, 1.807) is 6.92 Å². The van der Waals surface area contributed by atoms with Crippen LogP contribution < -0.4 is 0 Å². The molecule has 1 aromatic heterocycles. The smallest absolute Gasteiger partial charge is 0.307 e. The maximum atomic E-state index is 11.4. The van der Waals surface area contributed by atoms with Gasteiger partial charge in [-0.1, -0.05) is 0 Å². The molecule has 0 bridgehead atoms. The number of esters is 1. The number of nitriles is 1. The van der Waals surface area contributed by atoms with Gasteiger partial charge in [0.25, 0.3) is 0 Å². The molecule has 1 rings (SSSR count). The standard InChI is InChI=1S/C13H18N2O2/c1-3-17-13(16)10-11(2)15-9-5-7-12(15)6-4-8-14/h5,7,9,11H,3-4,6,10H2,1-2H3. The van der Waals surface area contributed by atoms with Crippen molar-refractivity contribution in [2.45, 2.75) is 39.2 Å². The van der Waals surface area contributed by atoms with Gasteiger partial charge in [0.2, 0.25) is 0 Å². The molecule has 4 nitrogen and oxygen atoms in total. The molecule has 0 radical (unpaired) electrons. The van der Waals surface area contributed by atoms with Crippen molar-refractivity contribution in [3.8, 4) is 6.07 Å². The fourth-order valence-corrected chi connectivity index (χ4v) is 1.81. The molecule has 0 aliphatic heterocycles. The highest BCUT2D eigenvalue weighted by molar-refractivity contribution is 5.69. The van der Waals surface area contributed by atoms with E-state index in [9.17, 15) is 4.79 Å². The van der Waals surface area contributed by atoms with E-state index in [-0.39, 0.29) is 12.0 Å². The van der Waals surface area contributed by atoms with E-state index < -0.39 is 0 Å². The molecule has 0 saturated heterocycles. The summed E-state index contributed by atoms with van der Waals surface area (Å²) in [7, 11) is 0. The summed E-state index contributed by atoms with van der Waals surface area (Å²) in [5.41, 5.74) is 1.09. The Labute approximate surface area is 102 Å². The van der Waals surface area contributed by atoms with Gasteiger partial charge in [-0.05, 0) is 26.0 Å². The topological polar surface area (TPSA) is 55.0 Å². The van der Waals surface area contributed by atoms with E-state index in [1.807, 2.05) is 29.8 Å². The molecular formula is C13H18N2O2. The van der Waals surface area contributed by atoms with Gasteiger partial charge >= 0.3 is 5.97 Å². The third-order valence-electron chi connectivity index (χ3n) is 2.60. The molecule has 92 valence electrons. The number of hydrogen-bond acceptors (Lipinski definition) is 3. The number of hydrogen-bond donors (Lipinski definition) is 0. The zero-order chi connectivity index (χ0) is 12.7. The SMILES string of the molecule is CCOC(=O)CC(C)n1cccc1CCC#N. The van der Waals surface area contributed by atoms with E-state index in [4.69, 9.17) is 10.00 Å². The zero-order valence-electron chi connectivity index (χ0n) is 10.3. The van der Waals surface area contributed by atoms with E-state index in [1.165, 1.54) is 0 Å². The zero-order valence-corrected chi connectivity index (χ0v) is 10.3. The first kappa shape index (κ1) is 13.3. The number of carbonyl (C=O) groups excluding carboxylic acids is 1. The molecule has 0 aliphatic rings. The van der Waals surface area contributed by atoms with E-state index in [0.717, 1.165) is 12.1 Å². The summed E-state index contributed by atoms with van der Waals surface area (Å²) in [5, 5.41) is 8.58. The van der Waals surface area contributed by atoms with E-state index in [2.05, 4.69) is 6.07 Å². The van der Waals surface area contributed by atoms with Crippen LogP contribution in [0.15, 0.2) is 18.3 Å². The number of ether oxygens (including phenoxy) is 1. The Balaban J connectivity index is 2.62. The Morgan fingerprint density at radius 1 is 1.65 bits per heavy atom. The Morgan fingerprint density at radius 2 is 2.41 bits per heavy atom. The lowest BCUT2D eigenvalue weighted by atomic mass is 10.2.